The summed E-state index contributed by atoms with van der Waals surface area (Å²) in [6.45, 7) is 2.07. The highest BCUT2D eigenvalue weighted by Crippen LogP contribution is 2.14. The number of nitrogens with one attached hydrogen (secondary N) is 2. The molecule has 2 aromatic heterocycles. The third kappa shape index (κ3) is 3.63. The fraction of sp³-hybridized carbons (Fsp3) is 0.312. The van der Waals surface area contributed by atoms with Crippen LogP contribution in [0.5, 0.6) is 0 Å². The van der Waals surface area contributed by atoms with Gasteiger partial charge in [-0.2, -0.15) is 4.98 Å². The predicted molar refractivity (Wildman–Crippen MR) is 89.4 cm³/mol. The molecule has 0 aliphatic carbocycles. The van der Waals surface area contributed by atoms with Crippen molar-refractivity contribution in [2.45, 2.75) is 26.4 Å². The Labute approximate surface area is 147 Å². The van der Waals surface area contributed by atoms with Crippen molar-refractivity contribution >= 4 is 22.9 Å². The van der Waals surface area contributed by atoms with Crippen molar-refractivity contribution in [3.05, 3.63) is 46.0 Å². The largest absolute Gasteiger partial charge is 0.419 e. The van der Waals surface area contributed by atoms with Gasteiger partial charge in [0.25, 0.3) is 11.7 Å². The second-order valence-electron chi connectivity index (χ2n) is 5.61. The smallest absolute Gasteiger partial charge is 0.408 e. The van der Waals surface area contributed by atoms with Gasteiger partial charge in [0.1, 0.15) is 0 Å². The van der Waals surface area contributed by atoms with E-state index in [2.05, 4.69) is 20.8 Å². The zero-order valence-electron chi connectivity index (χ0n) is 14.2. The van der Waals surface area contributed by atoms with Gasteiger partial charge in [-0.15, -0.1) is 0 Å². The molecule has 0 spiro atoms. The molecule has 26 heavy (non-hydrogen) atoms. The van der Waals surface area contributed by atoms with Gasteiger partial charge >= 0.3 is 5.76 Å². The SMILES string of the molecule is CNC(=O)c1noc(CNC(=O)CCn2c(=O)oc3ccc(C)cc32)n1. The Bertz CT molecular complexity index is 1020. The van der Waals surface area contributed by atoms with Crippen LogP contribution in [-0.2, 0) is 17.9 Å². The minimum Gasteiger partial charge on any atom is -0.408 e. The predicted octanol–water partition coefficient (Wildman–Crippen LogP) is 0.352. The molecule has 0 saturated heterocycles. The standard InChI is InChI=1S/C16H17N5O5/c1-9-3-4-11-10(7-9)21(16(24)25-11)6-5-12(22)18-8-13-19-14(20-26-13)15(23)17-2/h3-4,7H,5-6,8H2,1-2H3,(H,17,23)(H,18,22). The number of aryl methyl sites for hydroxylation is 2. The molecule has 0 atom stereocenters. The molecule has 0 unspecified atom stereocenters. The van der Waals surface area contributed by atoms with Crippen LogP contribution >= 0.6 is 0 Å². The van der Waals surface area contributed by atoms with E-state index in [-0.39, 0.29) is 37.1 Å². The molecule has 3 aromatic rings. The van der Waals surface area contributed by atoms with Gasteiger partial charge in [-0.3, -0.25) is 14.2 Å². The zero-order valence-corrected chi connectivity index (χ0v) is 14.2. The lowest BCUT2D eigenvalue weighted by atomic mass is 10.2. The molecule has 2 heterocycles. The Kier molecular flexibility index (Phi) is 4.83. The van der Waals surface area contributed by atoms with Crippen LogP contribution in [0.3, 0.4) is 0 Å². The second-order valence-corrected chi connectivity index (χ2v) is 5.61. The van der Waals surface area contributed by atoms with Gasteiger partial charge in [0, 0.05) is 20.0 Å². The quantitative estimate of drug-likeness (QED) is 0.649. The molecule has 0 saturated carbocycles. The van der Waals surface area contributed by atoms with Gasteiger partial charge in [-0.05, 0) is 24.6 Å². The Hall–Kier alpha value is -3.43. The number of benzene rings is 1. The number of hydrogen-bond donors (Lipinski definition) is 2. The Balaban J connectivity index is 1.59. The Morgan fingerprint density at radius 1 is 1.31 bits per heavy atom. The summed E-state index contributed by atoms with van der Waals surface area (Å²) in [5.74, 6) is -1.29. The van der Waals surface area contributed by atoms with Gasteiger partial charge in [0.15, 0.2) is 5.58 Å². The number of rotatable bonds is 6. The van der Waals surface area contributed by atoms with Gasteiger partial charge in [0.2, 0.25) is 11.8 Å². The van der Waals surface area contributed by atoms with Crippen LogP contribution in [0.4, 0.5) is 0 Å². The molecule has 10 heteroatoms. The van der Waals surface area contributed by atoms with E-state index in [0.717, 1.165) is 5.56 Å². The van der Waals surface area contributed by atoms with Crippen LogP contribution in [0, 0.1) is 6.92 Å². The van der Waals surface area contributed by atoms with Crippen molar-refractivity contribution in [2.24, 2.45) is 0 Å². The molecule has 1 aromatic carbocycles. The molecule has 0 aliphatic heterocycles. The van der Waals surface area contributed by atoms with E-state index in [1.165, 1.54) is 11.6 Å². The summed E-state index contributed by atoms with van der Waals surface area (Å²) < 4.78 is 11.4. The summed E-state index contributed by atoms with van der Waals surface area (Å²) in [6.07, 6.45) is 0.0684. The van der Waals surface area contributed by atoms with Gasteiger partial charge in [-0.25, -0.2) is 4.79 Å². The molecule has 0 aliphatic rings. The summed E-state index contributed by atoms with van der Waals surface area (Å²) >= 11 is 0. The summed E-state index contributed by atoms with van der Waals surface area (Å²) in [6, 6.07) is 5.40. The van der Waals surface area contributed by atoms with Gasteiger partial charge < -0.3 is 19.6 Å². The number of aromatic nitrogens is 3. The van der Waals surface area contributed by atoms with Crippen LogP contribution < -0.4 is 16.4 Å². The monoisotopic (exact) mass is 359 g/mol. The van der Waals surface area contributed by atoms with Crippen LogP contribution in [0.15, 0.2) is 31.9 Å². The van der Waals surface area contributed by atoms with Crippen molar-refractivity contribution in [3.63, 3.8) is 0 Å². The number of amides is 2. The highest BCUT2D eigenvalue weighted by atomic mass is 16.5. The van der Waals surface area contributed by atoms with Crippen molar-refractivity contribution < 1.29 is 18.5 Å². The zero-order chi connectivity index (χ0) is 18.7. The number of nitrogens with zero attached hydrogens (tertiary/aromatic N) is 3. The van der Waals surface area contributed by atoms with Crippen molar-refractivity contribution in [2.75, 3.05) is 7.05 Å². The number of fused-ring (bicyclic) bond motifs is 1. The Morgan fingerprint density at radius 2 is 2.12 bits per heavy atom. The van der Waals surface area contributed by atoms with Crippen LogP contribution in [0.1, 0.15) is 28.5 Å². The molecule has 0 bridgehead atoms. The van der Waals surface area contributed by atoms with Crippen LogP contribution in [0.2, 0.25) is 0 Å². The lowest BCUT2D eigenvalue weighted by molar-refractivity contribution is -0.121. The van der Waals surface area contributed by atoms with Crippen LogP contribution in [-0.4, -0.2) is 33.6 Å². The number of carbonyl (C=O) groups excluding carboxylic acids is 2. The van der Waals surface area contributed by atoms with E-state index in [9.17, 15) is 14.4 Å². The van der Waals surface area contributed by atoms with E-state index in [1.807, 2.05) is 19.1 Å². The van der Waals surface area contributed by atoms with E-state index in [0.29, 0.717) is 11.1 Å². The molecule has 0 fully saturated rings. The van der Waals surface area contributed by atoms with Gasteiger partial charge in [-0.1, -0.05) is 11.2 Å². The number of carbonyl (C=O) groups is 2. The molecule has 2 N–H and O–H groups in total. The number of oxazole rings is 1. The van der Waals surface area contributed by atoms with E-state index >= 15 is 0 Å². The fourth-order valence-corrected chi connectivity index (χ4v) is 2.39. The van der Waals surface area contributed by atoms with E-state index in [1.54, 1.807) is 6.07 Å². The van der Waals surface area contributed by atoms with Crippen LogP contribution in [0.25, 0.3) is 11.1 Å². The maximum Gasteiger partial charge on any atom is 0.419 e. The lowest BCUT2D eigenvalue weighted by Gasteiger charge is -2.04. The first kappa shape index (κ1) is 17.4. The molecule has 0 radical (unpaired) electrons. The molecular weight excluding hydrogens is 342 g/mol. The van der Waals surface area contributed by atoms with Gasteiger partial charge in [0.05, 0.1) is 12.1 Å². The maximum absolute atomic E-state index is 12.0. The third-order valence-corrected chi connectivity index (χ3v) is 3.72. The van der Waals surface area contributed by atoms with E-state index < -0.39 is 11.7 Å². The van der Waals surface area contributed by atoms with E-state index in [4.69, 9.17) is 8.94 Å². The minimum atomic E-state index is -0.509. The maximum atomic E-state index is 12.0. The first-order valence-corrected chi connectivity index (χ1v) is 7.89. The molecule has 136 valence electrons. The third-order valence-electron chi connectivity index (χ3n) is 3.72. The topological polar surface area (TPSA) is 132 Å². The van der Waals surface area contributed by atoms with Crippen molar-refractivity contribution in [3.8, 4) is 0 Å². The summed E-state index contributed by atoms with van der Waals surface area (Å²) in [7, 11) is 1.45. The normalized spacial score (nSPS) is 10.8. The first-order valence-electron chi connectivity index (χ1n) is 7.89. The summed E-state index contributed by atoms with van der Waals surface area (Å²) in [5.41, 5.74) is 2.11. The lowest BCUT2D eigenvalue weighted by Crippen LogP contribution is -2.26. The summed E-state index contributed by atoms with van der Waals surface area (Å²) in [4.78, 5) is 39.1. The minimum absolute atomic E-state index is 0.0109. The average molecular weight is 359 g/mol. The molecular formula is C16H17N5O5. The summed E-state index contributed by atoms with van der Waals surface area (Å²) in [5, 5.41) is 8.46. The molecule has 10 nitrogen and oxygen atoms in total. The van der Waals surface area contributed by atoms with Crippen molar-refractivity contribution in [1.29, 1.82) is 0 Å². The highest BCUT2D eigenvalue weighted by molar-refractivity contribution is 5.89. The average Bonchev–Trinajstić information content (AvgIpc) is 3.21. The molecule has 2 amide bonds. The number of hydrogen-bond acceptors (Lipinski definition) is 7. The van der Waals surface area contributed by atoms with Crippen molar-refractivity contribution in [1.82, 2.24) is 25.3 Å². The molecule has 3 rings (SSSR count). The Morgan fingerprint density at radius 3 is 2.88 bits per heavy atom. The first-order chi connectivity index (χ1) is 12.5. The second kappa shape index (κ2) is 7.21. The fourth-order valence-electron chi connectivity index (χ4n) is 2.39. The highest BCUT2D eigenvalue weighted by Gasteiger charge is 2.14.